The highest BCUT2D eigenvalue weighted by Crippen LogP contribution is 2.51. The molecule has 2 amide bonds. The third-order valence-corrected chi connectivity index (χ3v) is 4.52. The maximum Gasteiger partial charge on any atom is 0.269 e. The molecule has 4 heteroatoms. The van der Waals surface area contributed by atoms with Gasteiger partial charge >= 0.3 is 0 Å². The number of hydrogen-bond acceptors (Lipinski definition) is 2. The van der Waals surface area contributed by atoms with Gasteiger partial charge in [0.2, 0.25) is 5.91 Å². The number of allylic oxidation sites excluding steroid dienone is 2. The normalized spacial score (nSPS) is 30.2. The third-order valence-electron chi connectivity index (χ3n) is 4.52. The van der Waals surface area contributed by atoms with Gasteiger partial charge < -0.3 is 0 Å². The summed E-state index contributed by atoms with van der Waals surface area (Å²) in [6.45, 7) is 1.98. The van der Waals surface area contributed by atoms with Crippen LogP contribution in [0.15, 0.2) is 42.5 Å². The fourth-order valence-electron chi connectivity index (χ4n) is 3.27. The van der Waals surface area contributed by atoms with Crippen LogP contribution >= 0.6 is 0 Å². The molecule has 0 spiro atoms. The van der Waals surface area contributed by atoms with Crippen molar-refractivity contribution < 1.29 is 9.59 Å². The van der Waals surface area contributed by atoms with E-state index in [1.807, 2.05) is 13.0 Å². The van der Waals surface area contributed by atoms with Crippen molar-refractivity contribution in [2.45, 2.75) is 19.8 Å². The van der Waals surface area contributed by atoms with E-state index in [0.717, 1.165) is 12.8 Å². The van der Waals surface area contributed by atoms with Crippen molar-refractivity contribution in [2.75, 3.05) is 0 Å². The first-order valence-electron chi connectivity index (χ1n) is 6.94. The first-order valence-corrected chi connectivity index (χ1v) is 6.94. The molecule has 1 aromatic carbocycles. The first kappa shape index (κ1) is 12.9. The topological polar surface area (TPSA) is 58.2 Å². The van der Waals surface area contributed by atoms with Crippen molar-refractivity contribution in [3.63, 3.8) is 0 Å². The minimum absolute atomic E-state index is 0.0985. The smallest absolute Gasteiger partial charge is 0.269 e. The Morgan fingerprint density at radius 3 is 2.50 bits per heavy atom. The number of benzene rings is 1. The predicted octanol–water partition coefficient (Wildman–Crippen LogP) is 2.05. The second kappa shape index (κ2) is 4.78. The number of carbonyl (C=O) groups is 2. The number of rotatable bonds is 2. The predicted molar refractivity (Wildman–Crippen MR) is 75.5 cm³/mol. The SMILES string of the molecule is C[C@@]1(C(=O)NNC(=O)c2ccccc2)C[C@H]2C=C[C@@H]1C2. The second-order valence-electron chi connectivity index (χ2n) is 5.88. The van der Waals surface area contributed by atoms with Gasteiger partial charge in [0.05, 0.1) is 5.41 Å². The van der Waals surface area contributed by atoms with E-state index < -0.39 is 5.41 Å². The fourth-order valence-corrected chi connectivity index (χ4v) is 3.27. The standard InChI is InChI=1S/C16H18N2O2/c1-16(10-11-7-8-13(16)9-11)15(20)18-17-14(19)12-5-3-2-4-6-12/h2-8,11,13H,9-10H2,1H3,(H,17,19)(H,18,20)/t11-,13+,16+/m0/s1. The largest absolute Gasteiger partial charge is 0.273 e. The van der Waals surface area contributed by atoms with E-state index in [9.17, 15) is 9.59 Å². The molecule has 3 atom stereocenters. The number of carbonyl (C=O) groups excluding carboxylic acids is 2. The molecule has 0 aliphatic heterocycles. The van der Waals surface area contributed by atoms with Gasteiger partial charge in [0.25, 0.3) is 5.91 Å². The average Bonchev–Trinajstić information content (AvgIpc) is 3.06. The Morgan fingerprint density at radius 1 is 1.15 bits per heavy atom. The number of nitrogens with one attached hydrogen (secondary N) is 2. The van der Waals surface area contributed by atoms with Crippen molar-refractivity contribution >= 4 is 11.8 Å². The molecule has 20 heavy (non-hydrogen) atoms. The average molecular weight is 270 g/mol. The second-order valence-corrected chi connectivity index (χ2v) is 5.88. The summed E-state index contributed by atoms with van der Waals surface area (Å²) in [5, 5.41) is 0. The molecule has 0 radical (unpaired) electrons. The van der Waals surface area contributed by atoms with Gasteiger partial charge in [-0.25, -0.2) is 0 Å². The lowest BCUT2D eigenvalue weighted by molar-refractivity contribution is -0.132. The molecule has 104 valence electrons. The van der Waals surface area contributed by atoms with Crippen molar-refractivity contribution in [2.24, 2.45) is 17.3 Å². The molecule has 2 aliphatic carbocycles. The van der Waals surface area contributed by atoms with E-state index >= 15 is 0 Å². The van der Waals surface area contributed by atoms with E-state index in [1.165, 1.54) is 0 Å². The lowest BCUT2D eigenvalue weighted by Crippen LogP contribution is -2.49. The van der Waals surface area contributed by atoms with Crippen LogP contribution < -0.4 is 10.9 Å². The van der Waals surface area contributed by atoms with Crippen LogP contribution in [0.3, 0.4) is 0 Å². The molecule has 2 bridgehead atoms. The number of hydrogen-bond donors (Lipinski definition) is 2. The molecule has 0 saturated heterocycles. The highest BCUT2D eigenvalue weighted by molar-refractivity contribution is 5.96. The fraction of sp³-hybridized carbons (Fsp3) is 0.375. The molecule has 4 nitrogen and oxygen atoms in total. The van der Waals surface area contributed by atoms with Gasteiger partial charge in [-0.2, -0.15) is 0 Å². The summed E-state index contributed by atoms with van der Waals surface area (Å²) in [6, 6.07) is 8.85. The van der Waals surface area contributed by atoms with E-state index in [4.69, 9.17) is 0 Å². The zero-order chi connectivity index (χ0) is 14.2. The van der Waals surface area contributed by atoms with Crippen LogP contribution in [0.5, 0.6) is 0 Å². The Morgan fingerprint density at radius 2 is 1.90 bits per heavy atom. The van der Waals surface area contributed by atoms with Crippen LogP contribution in [0.2, 0.25) is 0 Å². The molecule has 1 saturated carbocycles. The molecule has 1 fully saturated rings. The van der Waals surface area contributed by atoms with Gasteiger partial charge in [-0.05, 0) is 36.8 Å². The Bertz CT molecular complexity index is 567. The summed E-state index contributed by atoms with van der Waals surface area (Å²) in [5.41, 5.74) is 5.21. The maximum absolute atomic E-state index is 12.3. The zero-order valence-corrected chi connectivity index (χ0v) is 11.4. The minimum atomic E-state index is -0.399. The lowest BCUT2D eigenvalue weighted by Gasteiger charge is -2.29. The Balaban J connectivity index is 1.60. The van der Waals surface area contributed by atoms with Gasteiger partial charge in [0.15, 0.2) is 0 Å². The number of hydrazine groups is 1. The molecule has 3 rings (SSSR count). The van der Waals surface area contributed by atoms with Crippen molar-refractivity contribution in [1.82, 2.24) is 10.9 Å². The highest BCUT2D eigenvalue weighted by atomic mass is 16.2. The molecular formula is C16H18N2O2. The van der Waals surface area contributed by atoms with Crippen molar-refractivity contribution in [3.8, 4) is 0 Å². The van der Waals surface area contributed by atoms with Crippen LogP contribution in [0, 0.1) is 17.3 Å². The van der Waals surface area contributed by atoms with Crippen molar-refractivity contribution in [3.05, 3.63) is 48.0 Å². The van der Waals surface area contributed by atoms with Gasteiger partial charge in [-0.3, -0.25) is 20.4 Å². The summed E-state index contributed by atoms with van der Waals surface area (Å²) >= 11 is 0. The summed E-state index contributed by atoms with van der Waals surface area (Å²) in [7, 11) is 0. The third kappa shape index (κ3) is 2.11. The van der Waals surface area contributed by atoms with Crippen LogP contribution in [0.4, 0.5) is 0 Å². The lowest BCUT2D eigenvalue weighted by atomic mass is 9.77. The molecule has 2 N–H and O–H groups in total. The van der Waals surface area contributed by atoms with E-state index in [-0.39, 0.29) is 11.8 Å². The molecule has 0 heterocycles. The quantitative estimate of drug-likeness (QED) is 0.638. The Kier molecular flexibility index (Phi) is 3.08. The number of fused-ring (bicyclic) bond motifs is 2. The van der Waals surface area contributed by atoms with Gasteiger partial charge in [0.1, 0.15) is 0 Å². The minimum Gasteiger partial charge on any atom is -0.273 e. The number of amides is 2. The molecule has 0 aromatic heterocycles. The van der Waals surface area contributed by atoms with Crippen molar-refractivity contribution in [1.29, 1.82) is 0 Å². The monoisotopic (exact) mass is 270 g/mol. The zero-order valence-electron chi connectivity index (χ0n) is 11.4. The summed E-state index contributed by atoms with van der Waals surface area (Å²) in [4.78, 5) is 24.2. The Hall–Kier alpha value is -2.10. The molecule has 2 aliphatic rings. The molecular weight excluding hydrogens is 252 g/mol. The summed E-state index contributed by atoms with van der Waals surface area (Å²) in [6.07, 6.45) is 6.24. The van der Waals surface area contributed by atoms with E-state index in [2.05, 4.69) is 23.0 Å². The van der Waals surface area contributed by atoms with Crippen LogP contribution in [-0.2, 0) is 4.79 Å². The van der Waals surface area contributed by atoms with Gasteiger partial charge in [-0.15, -0.1) is 0 Å². The highest BCUT2D eigenvalue weighted by Gasteiger charge is 2.49. The Labute approximate surface area is 118 Å². The molecule has 1 aromatic rings. The summed E-state index contributed by atoms with van der Waals surface area (Å²) < 4.78 is 0. The van der Waals surface area contributed by atoms with E-state index in [1.54, 1.807) is 24.3 Å². The van der Waals surface area contributed by atoms with Crippen LogP contribution in [0.1, 0.15) is 30.1 Å². The van der Waals surface area contributed by atoms with Gasteiger partial charge in [-0.1, -0.05) is 37.3 Å². The first-order chi connectivity index (χ1) is 9.59. The van der Waals surface area contributed by atoms with Crippen LogP contribution in [0.25, 0.3) is 0 Å². The van der Waals surface area contributed by atoms with Crippen LogP contribution in [-0.4, -0.2) is 11.8 Å². The molecule has 0 unspecified atom stereocenters. The maximum atomic E-state index is 12.3. The van der Waals surface area contributed by atoms with Gasteiger partial charge in [0, 0.05) is 5.56 Å². The van der Waals surface area contributed by atoms with E-state index in [0.29, 0.717) is 17.4 Å². The summed E-state index contributed by atoms with van der Waals surface area (Å²) in [5.74, 6) is 0.418.